The van der Waals surface area contributed by atoms with Crippen molar-refractivity contribution in [1.82, 2.24) is 9.80 Å². The quantitative estimate of drug-likeness (QED) is 0.366. The number of piperidine rings is 1. The van der Waals surface area contributed by atoms with Crippen LogP contribution in [0, 0.1) is 5.92 Å². The predicted octanol–water partition coefficient (Wildman–Crippen LogP) is 5.84. The standard InChI is InChI=1S/C29H36ClF3N2O4/c1-4-20-9-7-10-22(18-20)28(38,29(31,32)33)27(37)35-15-13-21(14-16-35)8-5-6-17-39-23-11-12-24(25(30)19-23)26(36)34(2)3/h7,9-12,18-19,21,38H,4-6,8,13-17H2,1-3H3/t28-/m1/s1. The van der Waals surface area contributed by atoms with Crippen LogP contribution in [0.2, 0.25) is 5.02 Å². The van der Waals surface area contributed by atoms with Crippen LogP contribution in [-0.2, 0) is 16.8 Å². The highest BCUT2D eigenvalue weighted by molar-refractivity contribution is 6.34. The molecule has 1 N–H and O–H groups in total. The van der Waals surface area contributed by atoms with E-state index >= 15 is 0 Å². The molecule has 1 aliphatic rings. The van der Waals surface area contributed by atoms with Gasteiger partial charge in [-0.15, -0.1) is 0 Å². The van der Waals surface area contributed by atoms with Crippen molar-refractivity contribution in [1.29, 1.82) is 0 Å². The summed E-state index contributed by atoms with van der Waals surface area (Å²) in [5, 5.41) is 11.1. The van der Waals surface area contributed by atoms with Gasteiger partial charge in [-0.25, -0.2) is 0 Å². The molecule has 2 aromatic carbocycles. The van der Waals surface area contributed by atoms with E-state index in [4.69, 9.17) is 16.3 Å². The fraction of sp³-hybridized carbons (Fsp3) is 0.517. The first-order chi connectivity index (χ1) is 18.4. The molecule has 0 aliphatic carbocycles. The van der Waals surface area contributed by atoms with Crippen LogP contribution in [-0.4, -0.2) is 66.7 Å². The molecular formula is C29H36ClF3N2O4. The van der Waals surface area contributed by atoms with Gasteiger partial charge in [-0.05, 0) is 61.8 Å². The fourth-order valence-corrected chi connectivity index (χ4v) is 5.05. The number of ether oxygens (including phenoxy) is 1. The lowest BCUT2D eigenvalue weighted by atomic mass is 9.87. The summed E-state index contributed by atoms with van der Waals surface area (Å²) >= 11 is 6.21. The van der Waals surface area contributed by atoms with Gasteiger partial charge < -0.3 is 19.6 Å². The van der Waals surface area contributed by atoms with E-state index < -0.39 is 23.2 Å². The number of likely N-dealkylation sites (tertiary alicyclic amines) is 1. The van der Waals surface area contributed by atoms with Crippen LogP contribution < -0.4 is 4.74 Å². The number of benzene rings is 2. The van der Waals surface area contributed by atoms with E-state index in [1.165, 1.54) is 17.0 Å². The Morgan fingerprint density at radius 3 is 2.38 bits per heavy atom. The number of amides is 2. The molecule has 1 heterocycles. The molecule has 0 radical (unpaired) electrons. The second kappa shape index (κ2) is 13.0. The number of alkyl halides is 3. The first-order valence-electron chi connectivity index (χ1n) is 13.2. The number of aryl methyl sites for hydroxylation is 1. The first kappa shape index (κ1) is 30.8. The van der Waals surface area contributed by atoms with Crippen molar-refractivity contribution in [2.45, 2.75) is 57.2 Å². The van der Waals surface area contributed by atoms with Gasteiger partial charge in [-0.3, -0.25) is 9.59 Å². The number of unbranched alkanes of at least 4 members (excludes halogenated alkanes) is 1. The van der Waals surface area contributed by atoms with Crippen LogP contribution >= 0.6 is 11.6 Å². The van der Waals surface area contributed by atoms with Gasteiger partial charge in [0.25, 0.3) is 17.4 Å². The van der Waals surface area contributed by atoms with Crippen molar-refractivity contribution in [2.24, 2.45) is 5.92 Å². The second-order valence-corrected chi connectivity index (χ2v) is 10.6. The second-order valence-electron chi connectivity index (χ2n) is 10.2. The lowest BCUT2D eigenvalue weighted by molar-refractivity contribution is -0.262. The van der Waals surface area contributed by atoms with Crippen molar-refractivity contribution >= 4 is 23.4 Å². The number of hydrogen-bond acceptors (Lipinski definition) is 4. The molecule has 6 nitrogen and oxygen atoms in total. The van der Waals surface area contributed by atoms with Crippen LogP contribution in [0.15, 0.2) is 42.5 Å². The fourth-order valence-electron chi connectivity index (χ4n) is 4.80. The Morgan fingerprint density at radius 2 is 1.79 bits per heavy atom. The lowest BCUT2D eigenvalue weighted by Crippen LogP contribution is -2.57. The van der Waals surface area contributed by atoms with Crippen LogP contribution in [0.25, 0.3) is 0 Å². The summed E-state index contributed by atoms with van der Waals surface area (Å²) in [6.45, 7) is 2.60. The molecular weight excluding hydrogens is 533 g/mol. The van der Waals surface area contributed by atoms with Gasteiger partial charge in [-0.1, -0.05) is 49.2 Å². The normalized spacial score (nSPS) is 16.1. The summed E-state index contributed by atoms with van der Waals surface area (Å²) in [6.07, 6.45) is -0.996. The van der Waals surface area contributed by atoms with Crippen molar-refractivity contribution in [2.75, 3.05) is 33.8 Å². The smallest absolute Gasteiger partial charge is 0.430 e. The highest BCUT2D eigenvalue weighted by Crippen LogP contribution is 2.41. The molecule has 1 atom stereocenters. The van der Waals surface area contributed by atoms with Gasteiger partial charge in [0.1, 0.15) is 5.75 Å². The van der Waals surface area contributed by atoms with Gasteiger partial charge in [0.15, 0.2) is 0 Å². The third kappa shape index (κ3) is 7.25. The van der Waals surface area contributed by atoms with Crippen molar-refractivity contribution < 1.29 is 32.6 Å². The van der Waals surface area contributed by atoms with Gasteiger partial charge in [0.2, 0.25) is 0 Å². The molecule has 0 saturated carbocycles. The predicted molar refractivity (Wildman–Crippen MR) is 144 cm³/mol. The van der Waals surface area contributed by atoms with Crippen LogP contribution in [0.4, 0.5) is 13.2 Å². The first-order valence-corrected chi connectivity index (χ1v) is 13.6. The van der Waals surface area contributed by atoms with E-state index in [0.717, 1.165) is 30.2 Å². The Kier molecular flexibility index (Phi) is 10.3. The third-order valence-corrected chi connectivity index (χ3v) is 7.54. The zero-order valence-electron chi connectivity index (χ0n) is 22.6. The number of rotatable bonds is 10. The van der Waals surface area contributed by atoms with Crippen molar-refractivity contribution in [3.8, 4) is 5.75 Å². The van der Waals surface area contributed by atoms with Crippen LogP contribution in [0.5, 0.6) is 5.75 Å². The average Bonchev–Trinajstić information content (AvgIpc) is 2.91. The molecule has 0 bridgehead atoms. The number of nitrogens with zero attached hydrogens (tertiary/aromatic N) is 2. The van der Waals surface area contributed by atoms with E-state index in [9.17, 15) is 27.9 Å². The maximum Gasteiger partial charge on any atom is 0.430 e. The third-order valence-electron chi connectivity index (χ3n) is 7.23. The molecule has 1 fully saturated rings. The minimum absolute atomic E-state index is 0.169. The van der Waals surface area contributed by atoms with Gasteiger partial charge in [0, 0.05) is 32.7 Å². The van der Waals surface area contributed by atoms with E-state index in [-0.39, 0.29) is 24.9 Å². The Balaban J connectivity index is 1.47. The number of halogens is 4. The van der Waals surface area contributed by atoms with Gasteiger partial charge in [-0.2, -0.15) is 13.2 Å². The molecule has 1 aliphatic heterocycles. The Morgan fingerprint density at radius 1 is 1.10 bits per heavy atom. The summed E-state index contributed by atoms with van der Waals surface area (Å²) in [5.74, 6) is -0.647. The number of carbonyl (C=O) groups is 2. The lowest BCUT2D eigenvalue weighted by Gasteiger charge is -2.38. The maximum atomic E-state index is 14.0. The SMILES string of the molecule is CCc1cccc([C@@](O)(C(=O)N2CCC(CCCCOc3ccc(C(=O)N(C)C)c(Cl)c3)CC2)C(F)(F)F)c1. The Bertz CT molecular complexity index is 1150. The number of hydrogen-bond donors (Lipinski definition) is 1. The van der Waals surface area contributed by atoms with E-state index in [2.05, 4.69) is 0 Å². The summed E-state index contributed by atoms with van der Waals surface area (Å²) in [4.78, 5) is 27.7. The van der Waals surface area contributed by atoms with Crippen molar-refractivity contribution in [3.05, 3.63) is 64.2 Å². The minimum Gasteiger partial charge on any atom is -0.494 e. The topological polar surface area (TPSA) is 70.1 Å². The molecule has 1 saturated heterocycles. The largest absolute Gasteiger partial charge is 0.494 e. The van der Waals surface area contributed by atoms with Crippen molar-refractivity contribution in [3.63, 3.8) is 0 Å². The molecule has 39 heavy (non-hydrogen) atoms. The molecule has 0 aromatic heterocycles. The molecule has 0 spiro atoms. The molecule has 214 valence electrons. The van der Waals surface area contributed by atoms with Gasteiger partial charge in [0.05, 0.1) is 17.2 Å². The van der Waals surface area contributed by atoms with Gasteiger partial charge >= 0.3 is 6.18 Å². The van der Waals surface area contributed by atoms with Crippen LogP contribution in [0.3, 0.4) is 0 Å². The number of aliphatic hydroxyl groups is 1. The maximum absolute atomic E-state index is 14.0. The summed E-state index contributed by atoms with van der Waals surface area (Å²) < 4.78 is 47.9. The van der Waals surface area contributed by atoms with Crippen LogP contribution in [0.1, 0.15) is 60.5 Å². The highest BCUT2D eigenvalue weighted by atomic mass is 35.5. The monoisotopic (exact) mass is 568 g/mol. The highest BCUT2D eigenvalue weighted by Gasteiger charge is 2.62. The van der Waals surface area contributed by atoms with E-state index in [1.807, 2.05) is 0 Å². The Labute approximate surface area is 232 Å². The van der Waals surface area contributed by atoms with E-state index in [0.29, 0.717) is 47.8 Å². The molecule has 0 unspecified atom stereocenters. The molecule has 2 amide bonds. The average molecular weight is 569 g/mol. The summed E-state index contributed by atoms with van der Waals surface area (Å²) in [7, 11) is 3.30. The zero-order valence-corrected chi connectivity index (χ0v) is 23.3. The number of carbonyl (C=O) groups excluding carboxylic acids is 2. The minimum atomic E-state index is -5.14. The zero-order chi connectivity index (χ0) is 28.8. The molecule has 10 heteroatoms. The summed E-state index contributed by atoms with van der Waals surface area (Å²) in [5.41, 5.74) is -2.99. The summed E-state index contributed by atoms with van der Waals surface area (Å²) in [6, 6.07) is 10.5. The Hall–Kier alpha value is -2.78. The molecule has 3 rings (SSSR count). The van der Waals surface area contributed by atoms with E-state index in [1.54, 1.807) is 45.3 Å². The molecule has 2 aromatic rings.